The van der Waals surface area contributed by atoms with Gasteiger partial charge in [0, 0.05) is 5.92 Å². The summed E-state index contributed by atoms with van der Waals surface area (Å²) < 4.78 is 17.3. The summed E-state index contributed by atoms with van der Waals surface area (Å²) in [5.41, 5.74) is 0.318. The van der Waals surface area contributed by atoms with Crippen LogP contribution in [0.15, 0.2) is 60.7 Å². The highest BCUT2D eigenvalue weighted by Crippen LogP contribution is 2.41. The largest absolute Gasteiger partial charge is 0.452 e. The Labute approximate surface area is 159 Å². The number of esters is 2. The van der Waals surface area contributed by atoms with Crippen LogP contribution in [-0.4, -0.2) is 29.9 Å². The molecule has 0 saturated carbocycles. The van der Waals surface area contributed by atoms with Crippen LogP contribution in [-0.2, 0) is 14.2 Å². The standard InChI is InChI=1S/C22H24O5/c1-4-22(3)15(2)18(25-19(23)16-11-7-5-8-12-16)21(27-22)26-20(24)17-13-9-6-10-14-17/h5-15,18,21H,4H2,1-3H3/t15-,18+,21?,22+/m0/s1. The number of benzene rings is 2. The average Bonchev–Trinajstić information content (AvgIpc) is 2.94. The van der Waals surface area contributed by atoms with Gasteiger partial charge in [-0.1, -0.05) is 50.2 Å². The molecule has 27 heavy (non-hydrogen) atoms. The van der Waals surface area contributed by atoms with Crippen molar-refractivity contribution in [1.82, 2.24) is 0 Å². The summed E-state index contributed by atoms with van der Waals surface area (Å²) in [6.45, 7) is 5.88. The van der Waals surface area contributed by atoms with Crippen molar-refractivity contribution in [2.75, 3.05) is 0 Å². The zero-order chi connectivity index (χ0) is 19.4. The second kappa shape index (κ2) is 7.92. The fourth-order valence-electron chi connectivity index (χ4n) is 3.19. The molecule has 5 heteroatoms. The predicted octanol–water partition coefficient (Wildman–Crippen LogP) is 4.23. The van der Waals surface area contributed by atoms with Gasteiger partial charge in [-0.05, 0) is 37.6 Å². The highest BCUT2D eigenvalue weighted by molar-refractivity contribution is 5.90. The van der Waals surface area contributed by atoms with Crippen molar-refractivity contribution < 1.29 is 23.8 Å². The zero-order valence-corrected chi connectivity index (χ0v) is 15.8. The molecule has 0 amide bonds. The number of hydrogen-bond donors (Lipinski definition) is 0. The second-order valence-corrected chi connectivity index (χ2v) is 6.95. The smallest absolute Gasteiger partial charge is 0.340 e. The minimum Gasteiger partial charge on any atom is -0.452 e. The Morgan fingerprint density at radius 1 is 0.926 bits per heavy atom. The van der Waals surface area contributed by atoms with Gasteiger partial charge in [0.05, 0.1) is 16.7 Å². The summed E-state index contributed by atoms with van der Waals surface area (Å²) in [5.74, 6) is -1.10. The molecule has 1 unspecified atom stereocenters. The third kappa shape index (κ3) is 4.03. The molecule has 142 valence electrons. The Hall–Kier alpha value is -2.66. The SMILES string of the molecule is CC[C@@]1(C)OC(OC(=O)c2ccccc2)[C@H](OC(=O)c2ccccc2)[C@@H]1C. The van der Waals surface area contributed by atoms with Crippen LogP contribution in [0.4, 0.5) is 0 Å². The second-order valence-electron chi connectivity index (χ2n) is 6.95. The summed E-state index contributed by atoms with van der Waals surface area (Å²) >= 11 is 0. The van der Waals surface area contributed by atoms with Gasteiger partial charge < -0.3 is 14.2 Å². The third-order valence-corrected chi connectivity index (χ3v) is 5.30. The molecular formula is C22H24O5. The first-order chi connectivity index (χ1) is 12.9. The van der Waals surface area contributed by atoms with Gasteiger partial charge >= 0.3 is 11.9 Å². The van der Waals surface area contributed by atoms with Crippen LogP contribution in [0.25, 0.3) is 0 Å². The van der Waals surface area contributed by atoms with Crippen LogP contribution < -0.4 is 0 Å². The number of ether oxygens (including phenoxy) is 3. The highest BCUT2D eigenvalue weighted by atomic mass is 16.7. The topological polar surface area (TPSA) is 61.8 Å². The Balaban J connectivity index is 1.79. The van der Waals surface area contributed by atoms with E-state index in [0.29, 0.717) is 17.5 Å². The summed E-state index contributed by atoms with van der Waals surface area (Å²) in [6, 6.07) is 17.4. The van der Waals surface area contributed by atoms with Crippen molar-refractivity contribution >= 4 is 11.9 Å². The Morgan fingerprint density at radius 2 is 1.41 bits per heavy atom. The van der Waals surface area contributed by atoms with Gasteiger partial charge in [0.15, 0.2) is 6.10 Å². The first kappa shape index (κ1) is 19.1. The molecule has 5 nitrogen and oxygen atoms in total. The lowest BCUT2D eigenvalue weighted by atomic mass is 9.87. The van der Waals surface area contributed by atoms with E-state index in [4.69, 9.17) is 14.2 Å². The van der Waals surface area contributed by atoms with Crippen LogP contribution in [0.1, 0.15) is 47.9 Å². The molecule has 0 aromatic heterocycles. The molecule has 1 aliphatic rings. The maximum absolute atomic E-state index is 12.5. The normalized spacial score (nSPS) is 27.1. The van der Waals surface area contributed by atoms with Gasteiger partial charge in [-0.15, -0.1) is 0 Å². The lowest BCUT2D eigenvalue weighted by molar-refractivity contribution is -0.160. The van der Waals surface area contributed by atoms with Gasteiger partial charge in [-0.25, -0.2) is 9.59 Å². The summed E-state index contributed by atoms with van der Waals surface area (Å²) in [7, 11) is 0. The van der Waals surface area contributed by atoms with Crippen LogP contribution in [0.5, 0.6) is 0 Å². The Morgan fingerprint density at radius 3 is 1.89 bits per heavy atom. The van der Waals surface area contributed by atoms with E-state index in [1.165, 1.54) is 0 Å². The lowest BCUT2D eigenvalue weighted by Crippen LogP contribution is -2.36. The molecule has 1 aliphatic heterocycles. The maximum atomic E-state index is 12.5. The molecule has 0 bridgehead atoms. The number of carbonyl (C=O) groups is 2. The van der Waals surface area contributed by atoms with Crippen LogP contribution in [0, 0.1) is 5.92 Å². The Bertz CT molecular complexity index is 789. The lowest BCUT2D eigenvalue weighted by Gasteiger charge is -2.26. The quantitative estimate of drug-likeness (QED) is 0.739. The minimum atomic E-state index is -0.953. The van der Waals surface area contributed by atoms with E-state index in [-0.39, 0.29) is 5.92 Å². The van der Waals surface area contributed by atoms with Gasteiger partial charge in [-0.2, -0.15) is 0 Å². The number of hydrogen-bond acceptors (Lipinski definition) is 5. The third-order valence-electron chi connectivity index (χ3n) is 5.30. The Kier molecular flexibility index (Phi) is 5.61. The molecule has 2 aromatic carbocycles. The van der Waals surface area contributed by atoms with Crippen molar-refractivity contribution in [2.45, 2.75) is 45.2 Å². The molecule has 1 saturated heterocycles. The van der Waals surface area contributed by atoms with E-state index in [9.17, 15) is 9.59 Å². The van der Waals surface area contributed by atoms with E-state index >= 15 is 0 Å². The predicted molar refractivity (Wildman–Crippen MR) is 100 cm³/mol. The maximum Gasteiger partial charge on any atom is 0.340 e. The summed E-state index contributed by atoms with van der Waals surface area (Å²) in [6.07, 6.45) is -0.937. The summed E-state index contributed by atoms with van der Waals surface area (Å²) in [5, 5.41) is 0. The number of rotatable bonds is 5. The molecule has 4 atom stereocenters. The van der Waals surface area contributed by atoms with Gasteiger partial charge in [0.1, 0.15) is 0 Å². The van der Waals surface area contributed by atoms with Crippen LogP contribution in [0.2, 0.25) is 0 Å². The molecule has 0 aliphatic carbocycles. The zero-order valence-electron chi connectivity index (χ0n) is 15.8. The van der Waals surface area contributed by atoms with E-state index in [0.717, 1.165) is 0 Å². The molecule has 0 N–H and O–H groups in total. The summed E-state index contributed by atoms with van der Waals surface area (Å²) in [4.78, 5) is 25.0. The molecule has 1 heterocycles. The number of carbonyl (C=O) groups excluding carboxylic acids is 2. The molecule has 2 aromatic rings. The van der Waals surface area contributed by atoms with Crippen molar-refractivity contribution in [3.8, 4) is 0 Å². The van der Waals surface area contributed by atoms with Gasteiger partial charge in [0.2, 0.25) is 6.29 Å². The van der Waals surface area contributed by atoms with Crippen LogP contribution in [0.3, 0.4) is 0 Å². The minimum absolute atomic E-state index is 0.135. The van der Waals surface area contributed by atoms with E-state index in [2.05, 4.69) is 0 Å². The van der Waals surface area contributed by atoms with Crippen LogP contribution >= 0.6 is 0 Å². The molecule has 0 spiro atoms. The van der Waals surface area contributed by atoms with E-state index in [1.54, 1.807) is 48.5 Å². The molecular weight excluding hydrogens is 344 g/mol. The van der Waals surface area contributed by atoms with Crippen molar-refractivity contribution in [2.24, 2.45) is 5.92 Å². The fraction of sp³-hybridized carbons (Fsp3) is 0.364. The van der Waals surface area contributed by atoms with Gasteiger partial charge in [-0.3, -0.25) is 0 Å². The van der Waals surface area contributed by atoms with E-state index < -0.39 is 29.9 Å². The van der Waals surface area contributed by atoms with Gasteiger partial charge in [0.25, 0.3) is 0 Å². The van der Waals surface area contributed by atoms with Crippen molar-refractivity contribution in [1.29, 1.82) is 0 Å². The van der Waals surface area contributed by atoms with Crippen molar-refractivity contribution in [3.63, 3.8) is 0 Å². The average molecular weight is 368 g/mol. The molecule has 0 radical (unpaired) electrons. The molecule has 1 fully saturated rings. The first-order valence-corrected chi connectivity index (χ1v) is 9.14. The first-order valence-electron chi connectivity index (χ1n) is 9.14. The fourth-order valence-corrected chi connectivity index (χ4v) is 3.19. The monoisotopic (exact) mass is 368 g/mol. The molecule has 3 rings (SSSR count). The highest BCUT2D eigenvalue weighted by Gasteiger charge is 2.53. The van der Waals surface area contributed by atoms with Crippen molar-refractivity contribution in [3.05, 3.63) is 71.8 Å². The van der Waals surface area contributed by atoms with E-state index in [1.807, 2.05) is 32.9 Å².